The summed E-state index contributed by atoms with van der Waals surface area (Å²) in [6.45, 7) is 10.3. The predicted octanol–water partition coefficient (Wildman–Crippen LogP) is 3.59. The Balaban J connectivity index is 2.26. The lowest BCUT2D eigenvalue weighted by Crippen LogP contribution is -2.27. The third-order valence-electron chi connectivity index (χ3n) is 5.41. The molecule has 0 aliphatic rings. The second-order valence-electron chi connectivity index (χ2n) is 8.40. The van der Waals surface area contributed by atoms with E-state index in [0.29, 0.717) is 24.4 Å². The Morgan fingerprint density at radius 1 is 1.12 bits per heavy atom. The van der Waals surface area contributed by atoms with Crippen molar-refractivity contribution in [1.29, 1.82) is 0 Å². The molecule has 1 amide bonds. The summed E-state index contributed by atoms with van der Waals surface area (Å²) in [5, 5.41) is 5.15. The molecule has 3 N–H and O–H groups in total. The van der Waals surface area contributed by atoms with Gasteiger partial charge >= 0.3 is 0 Å². The first kappa shape index (κ1) is 26.6. The van der Waals surface area contributed by atoms with E-state index >= 15 is 0 Å². The van der Waals surface area contributed by atoms with Gasteiger partial charge in [-0.15, -0.1) is 0 Å². The highest BCUT2D eigenvalue weighted by molar-refractivity contribution is 5.94. The normalized spacial score (nSPS) is 14.2. The zero-order chi connectivity index (χ0) is 25.1. The minimum atomic E-state index is -0.155. The van der Waals surface area contributed by atoms with E-state index in [1.165, 1.54) is 10.8 Å². The van der Waals surface area contributed by atoms with E-state index < -0.39 is 0 Å². The minimum Gasteiger partial charge on any atom is -0.484 e. The second-order valence-corrected chi connectivity index (χ2v) is 8.40. The van der Waals surface area contributed by atoms with E-state index in [0.717, 1.165) is 34.0 Å². The van der Waals surface area contributed by atoms with E-state index in [9.17, 15) is 4.79 Å². The van der Waals surface area contributed by atoms with Gasteiger partial charge in [0.05, 0.1) is 12.7 Å². The van der Waals surface area contributed by atoms with Crippen molar-refractivity contribution in [1.82, 2.24) is 10.3 Å². The van der Waals surface area contributed by atoms with Crippen LogP contribution >= 0.6 is 0 Å². The van der Waals surface area contributed by atoms with Crippen molar-refractivity contribution >= 4 is 23.6 Å². The summed E-state index contributed by atoms with van der Waals surface area (Å²) in [7, 11) is 1.61. The number of amides is 1. The molecule has 2 aromatic rings. The maximum Gasteiger partial charge on any atom is 0.253 e. The van der Waals surface area contributed by atoms with Crippen LogP contribution in [0.15, 0.2) is 65.1 Å². The fraction of sp³-hybridized carbons (Fsp3) is 0.321. The molecule has 0 atom stereocenters. The fourth-order valence-electron chi connectivity index (χ4n) is 3.22. The van der Waals surface area contributed by atoms with Crippen LogP contribution in [0.5, 0.6) is 0 Å². The molecule has 0 saturated heterocycles. The van der Waals surface area contributed by atoms with Gasteiger partial charge in [0, 0.05) is 43.0 Å². The van der Waals surface area contributed by atoms with Crippen LogP contribution in [0.3, 0.4) is 0 Å². The largest absolute Gasteiger partial charge is 0.484 e. The molecule has 0 unspecified atom stereocenters. The smallest absolute Gasteiger partial charge is 0.253 e. The first-order chi connectivity index (χ1) is 16.2. The number of nitrogens with zero attached hydrogens (tertiary/aromatic N) is 2. The number of carbonyl (C=O) groups excluding carboxylic acids is 1. The third kappa shape index (κ3) is 8.35. The lowest BCUT2D eigenvalue weighted by Gasteiger charge is -2.08. The van der Waals surface area contributed by atoms with Crippen molar-refractivity contribution in [3.63, 3.8) is 0 Å². The Hall–Kier alpha value is -3.67. The molecule has 0 bridgehead atoms. The molecule has 1 aromatic carbocycles. The highest BCUT2D eigenvalue weighted by Crippen LogP contribution is 2.09. The van der Waals surface area contributed by atoms with Crippen molar-refractivity contribution in [2.24, 2.45) is 10.7 Å². The molecular formula is C28H36N4O2. The van der Waals surface area contributed by atoms with Crippen molar-refractivity contribution in [2.45, 2.75) is 47.5 Å². The van der Waals surface area contributed by atoms with Gasteiger partial charge < -0.3 is 15.8 Å². The van der Waals surface area contributed by atoms with Crippen molar-refractivity contribution in [3.8, 4) is 0 Å². The summed E-state index contributed by atoms with van der Waals surface area (Å²) in [5.41, 5.74) is 11.3. The van der Waals surface area contributed by atoms with E-state index in [1.54, 1.807) is 19.5 Å². The summed E-state index contributed by atoms with van der Waals surface area (Å²) in [6, 6.07) is 8.27. The quantitative estimate of drug-likeness (QED) is 0.358. The van der Waals surface area contributed by atoms with Gasteiger partial charge in [-0.25, -0.2) is 4.99 Å². The van der Waals surface area contributed by atoms with Gasteiger partial charge in [-0.3, -0.25) is 9.78 Å². The molecule has 0 fully saturated rings. The Bertz CT molecular complexity index is 1220. The molecule has 1 heterocycles. The predicted molar refractivity (Wildman–Crippen MR) is 141 cm³/mol. The third-order valence-corrected chi connectivity index (χ3v) is 5.41. The number of ether oxygens (including phenoxy) is 1. The Morgan fingerprint density at radius 2 is 1.88 bits per heavy atom. The lowest BCUT2D eigenvalue weighted by atomic mass is 10.0. The van der Waals surface area contributed by atoms with Crippen LogP contribution in [0.1, 0.15) is 62.5 Å². The first-order valence-electron chi connectivity index (χ1n) is 11.4. The van der Waals surface area contributed by atoms with Crippen molar-refractivity contribution in [3.05, 3.63) is 87.2 Å². The highest BCUT2D eigenvalue weighted by Gasteiger charge is 2.08. The molecule has 0 spiro atoms. The number of aliphatic imine (C=N–C) groups is 1. The standard InChI is InChI=1S/C28H36N4O2/c1-7-20(3)27-11-10-23(13-25(27)18-31-22(5)34-6)12-24-14-26(17-30-16-24)28(33)32-15-19(2)8-9-21(4)29/h8-11,13-14,16-18H,7,12,15,29H2,1-6H3,(H,32,33)/b19-8+,21-9+,25-18-,27-20+,31-22?. The van der Waals surface area contributed by atoms with Gasteiger partial charge in [0.1, 0.15) is 0 Å². The second kappa shape index (κ2) is 13.1. The zero-order valence-corrected chi connectivity index (χ0v) is 21.1. The maximum absolute atomic E-state index is 12.6. The van der Waals surface area contributed by atoms with E-state index in [-0.39, 0.29) is 5.91 Å². The van der Waals surface area contributed by atoms with Gasteiger partial charge in [-0.05, 0) is 68.2 Å². The van der Waals surface area contributed by atoms with E-state index in [1.807, 2.05) is 45.2 Å². The zero-order valence-electron chi connectivity index (χ0n) is 21.1. The average molecular weight is 461 g/mol. The van der Waals surface area contributed by atoms with Crippen molar-refractivity contribution in [2.75, 3.05) is 13.7 Å². The molecule has 180 valence electrons. The number of nitrogens with one attached hydrogen (secondary N) is 1. The summed E-state index contributed by atoms with van der Waals surface area (Å²) in [6.07, 6.45) is 10.6. The number of aromatic nitrogens is 1. The molecule has 2 rings (SSSR count). The Morgan fingerprint density at radius 3 is 2.56 bits per heavy atom. The lowest BCUT2D eigenvalue weighted by molar-refractivity contribution is 0.0956. The topological polar surface area (TPSA) is 89.6 Å². The maximum atomic E-state index is 12.6. The summed E-state index contributed by atoms with van der Waals surface area (Å²) in [4.78, 5) is 21.3. The Kier molecular flexibility index (Phi) is 10.3. The molecule has 0 radical (unpaired) electrons. The molecule has 1 aromatic heterocycles. The molecule has 0 aliphatic heterocycles. The SMILES string of the molecule is CC/C(C)=c1\ccc(Cc2cncc(C(=O)NC/C(C)=C/C=C(\C)N)c2)c\c1=C\N=C(C)OC. The van der Waals surface area contributed by atoms with Gasteiger partial charge in [0.2, 0.25) is 0 Å². The fourth-order valence-corrected chi connectivity index (χ4v) is 3.22. The summed E-state index contributed by atoms with van der Waals surface area (Å²) < 4.78 is 5.17. The number of pyridine rings is 1. The number of hydrogen-bond donors (Lipinski definition) is 2. The molecule has 6 heteroatoms. The van der Waals surface area contributed by atoms with Crippen LogP contribution in [0, 0.1) is 0 Å². The van der Waals surface area contributed by atoms with Crippen LogP contribution in [0.4, 0.5) is 0 Å². The number of hydrogen-bond acceptors (Lipinski definition) is 5. The van der Waals surface area contributed by atoms with E-state index in [4.69, 9.17) is 10.5 Å². The van der Waals surface area contributed by atoms with Crippen LogP contribution in [0.2, 0.25) is 0 Å². The number of benzene rings is 1. The summed E-state index contributed by atoms with van der Waals surface area (Å²) >= 11 is 0. The molecule has 34 heavy (non-hydrogen) atoms. The van der Waals surface area contributed by atoms with Gasteiger partial charge in [0.15, 0.2) is 5.90 Å². The van der Waals surface area contributed by atoms with Crippen LogP contribution < -0.4 is 21.5 Å². The first-order valence-corrected chi connectivity index (χ1v) is 11.4. The van der Waals surface area contributed by atoms with Crippen LogP contribution in [-0.4, -0.2) is 30.4 Å². The van der Waals surface area contributed by atoms with Gasteiger partial charge in [-0.1, -0.05) is 36.3 Å². The number of nitrogens with two attached hydrogens (primary N) is 1. The molecule has 0 saturated carbocycles. The minimum absolute atomic E-state index is 0.155. The number of allylic oxidation sites excluding steroid dienone is 3. The van der Waals surface area contributed by atoms with Crippen LogP contribution in [-0.2, 0) is 11.2 Å². The summed E-state index contributed by atoms with van der Waals surface area (Å²) in [5.74, 6) is 0.449. The number of carbonyl (C=O) groups is 1. The number of rotatable bonds is 8. The average Bonchev–Trinajstić information content (AvgIpc) is 2.84. The molecule has 6 nitrogen and oxygen atoms in total. The molecule has 0 aliphatic carbocycles. The van der Waals surface area contributed by atoms with Crippen molar-refractivity contribution < 1.29 is 9.53 Å². The monoisotopic (exact) mass is 460 g/mol. The van der Waals surface area contributed by atoms with Gasteiger partial charge in [0.25, 0.3) is 5.91 Å². The van der Waals surface area contributed by atoms with E-state index in [2.05, 4.69) is 47.3 Å². The highest BCUT2D eigenvalue weighted by atomic mass is 16.5. The number of methoxy groups -OCH3 is 1. The Labute approximate surface area is 202 Å². The molecular weight excluding hydrogens is 424 g/mol. The van der Waals surface area contributed by atoms with Gasteiger partial charge in [-0.2, -0.15) is 0 Å². The van der Waals surface area contributed by atoms with Crippen LogP contribution in [0.25, 0.3) is 11.8 Å².